The van der Waals surface area contributed by atoms with Crippen molar-refractivity contribution < 1.29 is 0 Å². The van der Waals surface area contributed by atoms with Gasteiger partial charge in [0.1, 0.15) is 5.52 Å². The first-order chi connectivity index (χ1) is 10.8. The lowest BCUT2D eigenvalue weighted by atomic mass is 10.2. The van der Waals surface area contributed by atoms with Crippen LogP contribution in [0.2, 0.25) is 0 Å². The second-order valence-corrected chi connectivity index (χ2v) is 7.07. The zero-order valence-electron chi connectivity index (χ0n) is 11.5. The van der Waals surface area contributed by atoms with E-state index in [1.807, 2.05) is 24.3 Å². The number of benzene rings is 2. The van der Waals surface area contributed by atoms with Gasteiger partial charge in [-0.15, -0.1) is 10.2 Å². The van der Waals surface area contributed by atoms with Crippen LogP contribution in [0, 0.1) is 3.57 Å². The van der Waals surface area contributed by atoms with Crippen LogP contribution in [0.5, 0.6) is 0 Å². The van der Waals surface area contributed by atoms with E-state index < -0.39 is 0 Å². The van der Waals surface area contributed by atoms with E-state index in [1.54, 1.807) is 11.8 Å². The number of aromatic nitrogens is 4. The quantitative estimate of drug-likeness (QED) is 0.396. The topological polar surface area (TPSA) is 54.5 Å². The number of hydrogen-bond acceptors (Lipinski definition) is 4. The summed E-state index contributed by atoms with van der Waals surface area (Å²) in [6, 6.07) is 16.5. The van der Waals surface area contributed by atoms with Gasteiger partial charge in [0.05, 0.1) is 0 Å². The maximum absolute atomic E-state index is 4.58. The lowest BCUT2D eigenvalue weighted by molar-refractivity contribution is 0.878. The Labute approximate surface area is 144 Å². The largest absolute Gasteiger partial charge is 0.338 e. The number of halogens is 1. The third-order valence-electron chi connectivity index (χ3n) is 3.38. The van der Waals surface area contributed by atoms with Crippen molar-refractivity contribution in [1.82, 2.24) is 20.2 Å². The number of hydrogen-bond donors (Lipinski definition) is 1. The van der Waals surface area contributed by atoms with Crippen LogP contribution in [0.25, 0.3) is 22.1 Å². The second kappa shape index (κ2) is 5.85. The highest BCUT2D eigenvalue weighted by Crippen LogP contribution is 2.24. The van der Waals surface area contributed by atoms with E-state index in [0.29, 0.717) is 5.16 Å². The fourth-order valence-electron chi connectivity index (χ4n) is 2.30. The van der Waals surface area contributed by atoms with Crippen LogP contribution < -0.4 is 0 Å². The summed E-state index contributed by atoms with van der Waals surface area (Å²) in [5.41, 5.74) is 3.92. The zero-order chi connectivity index (χ0) is 14.9. The van der Waals surface area contributed by atoms with Crippen molar-refractivity contribution in [2.45, 2.75) is 10.9 Å². The second-order valence-electron chi connectivity index (χ2n) is 4.88. The number of nitrogens with zero attached hydrogens (tertiary/aromatic N) is 3. The van der Waals surface area contributed by atoms with Crippen LogP contribution >= 0.6 is 34.4 Å². The summed E-state index contributed by atoms with van der Waals surface area (Å²) in [7, 11) is 0. The predicted octanol–water partition coefficient (Wildman–Crippen LogP) is 4.40. The Morgan fingerprint density at radius 3 is 2.68 bits per heavy atom. The maximum atomic E-state index is 4.58. The average Bonchev–Trinajstić information content (AvgIpc) is 2.92. The molecule has 2 aromatic heterocycles. The van der Waals surface area contributed by atoms with E-state index in [2.05, 4.69) is 67.0 Å². The molecular weight excluding hydrogens is 407 g/mol. The fourth-order valence-corrected chi connectivity index (χ4v) is 3.40. The monoisotopic (exact) mass is 418 g/mol. The minimum atomic E-state index is 0.692. The standard InChI is InChI=1S/C16H11IN4S/c17-11-7-5-10(6-8-11)9-22-16-19-15-14(20-21-16)12-3-1-2-4-13(12)18-15/h1-8H,9H2,(H,18,19,21). The molecule has 0 fully saturated rings. The molecule has 4 aromatic rings. The van der Waals surface area contributed by atoms with E-state index in [1.165, 1.54) is 9.13 Å². The lowest BCUT2D eigenvalue weighted by Crippen LogP contribution is -1.92. The molecule has 0 saturated carbocycles. The van der Waals surface area contributed by atoms with E-state index >= 15 is 0 Å². The third kappa shape index (κ3) is 2.68. The van der Waals surface area contributed by atoms with Crippen molar-refractivity contribution in [3.05, 3.63) is 57.7 Å². The number of nitrogens with one attached hydrogen (secondary N) is 1. The molecule has 0 spiro atoms. The van der Waals surface area contributed by atoms with Crippen molar-refractivity contribution in [1.29, 1.82) is 0 Å². The Balaban J connectivity index is 1.62. The van der Waals surface area contributed by atoms with E-state index in [9.17, 15) is 0 Å². The summed E-state index contributed by atoms with van der Waals surface area (Å²) in [5.74, 6) is 0.838. The molecule has 0 radical (unpaired) electrons. The van der Waals surface area contributed by atoms with Gasteiger partial charge in [0.2, 0.25) is 5.16 Å². The molecule has 0 aliphatic carbocycles. The number of fused-ring (bicyclic) bond motifs is 3. The molecule has 4 rings (SSSR count). The van der Waals surface area contributed by atoms with Gasteiger partial charge in [0.15, 0.2) is 5.65 Å². The van der Waals surface area contributed by atoms with Gasteiger partial charge in [-0.2, -0.15) is 0 Å². The molecule has 0 bridgehead atoms. The summed E-state index contributed by atoms with van der Waals surface area (Å²) in [5, 5.41) is 10.3. The molecule has 108 valence electrons. The van der Waals surface area contributed by atoms with Crippen molar-refractivity contribution in [2.75, 3.05) is 0 Å². The Morgan fingerprint density at radius 1 is 1.00 bits per heavy atom. The molecule has 0 atom stereocenters. The summed E-state index contributed by atoms with van der Waals surface area (Å²) in [4.78, 5) is 7.87. The highest BCUT2D eigenvalue weighted by Gasteiger charge is 2.09. The SMILES string of the molecule is Ic1ccc(CSc2nnc3c(n2)[nH]c2ccccc23)cc1. The molecule has 0 unspecified atom stereocenters. The number of rotatable bonds is 3. The first-order valence-corrected chi connectivity index (χ1v) is 8.84. The van der Waals surface area contributed by atoms with Crippen molar-refractivity contribution in [3.63, 3.8) is 0 Å². The highest BCUT2D eigenvalue weighted by molar-refractivity contribution is 14.1. The lowest BCUT2D eigenvalue weighted by Gasteiger charge is -2.00. The van der Waals surface area contributed by atoms with Crippen LogP contribution in [0.15, 0.2) is 53.7 Å². The van der Waals surface area contributed by atoms with Gasteiger partial charge in [0, 0.05) is 20.2 Å². The predicted molar refractivity (Wildman–Crippen MR) is 97.9 cm³/mol. The Morgan fingerprint density at radius 2 is 1.82 bits per heavy atom. The zero-order valence-corrected chi connectivity index (χ0v) is 14.4. The Kier molecular flexibility index (Phi) is 3.71. The van der Waals surface area contributed by atoms with Crippen molar-refractivity contribution >= 4 is 56.4 Å². The van der Waals surface area contributed by atoms with E-state index in [-0.39, 0.29) is 0 Å². The number of aromatic amines is 1. The minimum Gasteiger partial charge on any atom is -0.338 e. The molecule has 2 heterocycles. The number of thioether (sulfide) groups is 1. The van der Waals surface area contributed by atoms with Gasteiger partial charge in [-0.25, -0.2) is 4.98 Å². The molecule has 22 heavy (non-hydrogen) atoms. The summed E-state index contributed by atoms with van der Waals surface area (Å²) in [6.45, 7) is 0. The van der Waals surface area contributed by atoms with Crippen molar-refractivity contribution in [2.24, 2.45) is 0 Å². The molecular formula is C16H11IN4S. The molecule has 0 saturated heterocycles. The van der Waals surface area contributed by atoms with Crippen molar-refractivity contribution in [3.8, 4) is 0 Å². The van der Waals surface area contributed by atoms with Crippen LogP contribution in [0.1, 0.15) is 5.56 Å². The van der Waals surface area contributed by atoms with E-state index in [4.69, 9.17) is 0 Å². The molecule has 2 aromatic carbocycles. The number of H-pyrrole nitrogens is 1. The van der Waals surface area contributed by atoms with Gasteiger partial charge in [-0.05, 0) is 46.4 Å². The molecule has 1 N–H and O–H groups in total. The normalized spacial score (nSPS) is 11.3. The summed E-state index contributed by atoms with van der Waals surface area (Å²) in [6.07, 6.45) is 0. The third-order valence-corrected chi connectivity index (χ3v) is 5.01. The van der Waals surface area contributed by atoms with Gasteiger partial charge in [-0.3, -0.25) is 0 Å². The van der Waals surface area contributed by atoms with Crippen LogP contribution in [-0.2, 0) is 5.75 Å². The Hall–Kier alpha value is -1.67. The first-order valence-electron chi connectivity index (χ1n) is 6.78. The molecule has 0 aliphatic heterocycles. The number of para-hydroxylation sites is 1. The molecule has 6 heteroatoms. The van der Waals surface area contributed by atoms with Crippen LogP contribution in [0.3, 0.4) is 0 Å². The van der Waals surface area contributed by atoms with Gasteiger partial charge in [-0.1, -0.05) is 42.1 Å². The summed E-state index contributed by atoms with van der Waals surface area (Å²) >= 11 is 3.90. The minimum absolute atomic E-state index is 0.692. The molecule has 4 nitrogen and oxygen atoms in total. The highest BCUT2D eigenvalue weighted by atomic mass is 127. The Bertz CT molecular complexity index is 949. The average molecular weight is 418 g/mol. The van der Waals surface area contributed by atoms with E-state index in [0.717, 1.165) is 27.8 Å². The summed E-state index contributed by atoms with van der Waals surface area (Å²) < 4.78 is 1.24. The maximum Gasteiger partial charge on any atom is 0.211 e. The van der Waals surface area contributed by atoms with Gasteiger partial charge in [0.25, 0.3) is 0 Å². The molecule has 0 amide bonds. The fraction of sp³-hybridized carbons (Fsp3) is 0.0625. The van der Waals surface area contributed by atoms with Gasteiger partial charge < -0.3 is 4.98 Å². The first kappa shape index (κ1) is 14.0. The van der Waals surface area contributed by atoms with Crippen LogP contribution in [0.4, 0.5) is 0 Å². The van der Waals surface area contributed by atoms with Gasteiger partial charge >= 0.3 is 0 Å². The smallest absolute Gasteiger partial charge is 0.211 e. The van der Waals surface area contributed by atoms with Crippen LogP contribution in [-0.4, -0.2) is 20.2 Å². The molecule has 0 aliphatic rings.